The Labute approximate surface area is 114 Å². The molecule has 6 nitrogen and oxygen atoms in total. The molecule has 4 N–H and O–H groups in total. The number of aliphatic hydroxyl groups excluding tert-OH is 1. The third kappa shape index (κ3) is 4.82. The molecule has 0 saturated heterocycles. The smallest absolute Gasteiger partial charge is 0.395 e. The van der Waals surface area contributed by atoms with Gasteiger partial charge < -0.3 is 15.4 Å². The van der Waals surface area contributed by atoms with Crippen LogP contribution in [0.4, 0.5) is 24.8 Å². The lowest BCUT2D eigenvalue weighted by atomic mass is 10.2. The molecule has 0 aromatic carbocycles. The third-order valence-corrected chi connectivity index (χ3v) is 2.46. The van der Waals surface area contributed by atoms with Gasteiger partial charge in [-0.25, -0.2) is 15.8 Å². The van der Waals surface area contributed by atoms with Crippen molar-refractivity contribution in [2.45, 2.75) is 25.9 Å². The summed E-state index contributed by atoms with van der Waals surface area (Å²) in [6, 6.07) is 1.31. The van der Waals surface area contributed by atoms with E-state index in [1.54, 1.807) is 0 Å². The molecule has 0 unspecified atom stereocenters. The predicted octanol–water partition coefficient (Wildman–Crippen LogP) is 1.25. The Bertz CT molecular complexity index is 439. The SMILES string of the molecule is CC(C)c1nc(NN)cc(N(CCO)CC(F)(F)F)n1. The molecule has 114 valence electrons. The van der Waals surface area contributed by atoms with Crippen molar-refractivity contribution in [3.8, 4) is 0 Å². The fourth-order valence-electron chi connectivity index (χ4n) is 1.56. The van der Waals surface area contributed by atoms with Crippen LogP contribution in [0.15, 0.2) is 6.07 Å². The second-order valence-corrected chi connectivity index (χ2v) is 4.53. The van der Waals surface area contributed by atoms with Gasteiger partial charge in [-0.2, -0.15) is 13.2 Å². The number of aromatic nitrogens is 2. The van der Waals surface area contributed by atoms with Gasteiger partial charge >= 0.3 is 6.18 Å². The average Bonchev–Trinajstić information content (AvgIpc) is 2.36. The standard InChI is InChI=1S/C11H18F3N5O/c1-7(2)10-16-8(18-15)5-9(17-10)19(3-4-20)6-11(12,13)14/h5,7,20H,3-4,6,15H2,1-2H3,(H,16,17,18). The molecule has 9 heteroatoms. The molecular weight excluding hydrogens is 275 g/mol. The summed E-state index contributed by atoms with van der Waals surface area (Å²) in [6.45, 7) is 1.84. The van der Waals surface area contributed by atoms with E-state index >= 15 is 0 Å². The maximum atomic E-state index is 12.5. The quantitative estimate of drug-likeness (QED) is 0.540. The molecule has 1 aromatic heterocycles. The minimum atomic E-state index is -4.39. The van der Waals surface area contributed by atoms with Crippen molar-refractivity contribution in [2.24, 2.45) is 5.84 Å². The summed E-state index contributed by atoms with van der Waals surface area (Å²) in [4.78, 5) is 9.10. The van der Waals surface area contributed by atoms with Crippen molar-refractivity contribution in [1.82, 2.24) is 9.97 Å². The van der Waals surface area contributed by atoms with Crippen LogP contribution in [0.5, 0.6) is 0 Å². The number of nitrogens with one attached hydrogen (secondary N) is 1. The van der Waals surface area contributed by atoms with Gasteiger partial charge in [0.25, 0.3) is 0 Å². The van der Waals surface area contributed by atoms with Gasteiger partial charge in [0, 0.05) is 18.5 Å². The number of alkyl halides is 3. The Balaban J connectivity index is 3.14. The van der Waals surface area contributed by atoms with E-state index in [1.165, 1.54) is 6.07 Å². The number of halogens is 3. The number of hydrazine groups is 1. The van der Waals surface area contributed by atoms with E-state index in [4.69, 9.17) is 10.9 Å². The lowest BCUT2D eigenvalue weighted by Crippen LogP contribution is -2.37. The monoisotopic (exact) mass is 293 g/mol. The van der Waals surface area contributed by atoms with Gasteiger partial charge in [0.15, 0.2) is 0 Å². The van der Waals surface area contributed by atoms with Crippen molar-refractivity contribution < 1.29 is 18.3 Å². The Morgan fingerprint density at radius 3 is 2.50 bits per heavy atom. The molecule has 1 heterocycles. The normalized spacial score (nSPS) is 11.8. The van der Waals surface area contributed by atoms with Crippen LogP contribution in [-0.2, 0) is 0 Å². The van der Waals surface area contributed by atoms with Gasteiger partial charge in [0.05, 0.1) is 6.61 Å². The van der Waals surface area contributed by atoms with E-state index < -0.39 is 19.3 Å². The number of hydrogen-bond donors (Lipinski definition) is 3. The minimum Gasteiger partial charge on any atom is -0.395 e. The van der Waals surface area contributed by atoms with Gasteiger partial charge in [-0.1, -0.05) is 13.8 Å². The highest BCUT2D eigenvalue weighted by molar-refractivity contribution is 5.49. The highest BCUT2D eigenvalue weighted by Crippen LogP contribution is 2.23. The molecule has 0 bridgehead atoms. The van der Waals surface area contributed by atoms with Crippen LogP contribution in [0, 0.1) is 0 Å². The van der Waals surface area contributed by atoms with Crippen LogP contribution in [-0.4, -0.2) is 40.9 Å². The van der Waals surface area contributed by atoms with E-state index in [-0.39, 0.29) is 24.1 Å². The summed E-state index contributed by atoms with van der Waals surface area (Å²) in [7, 11) is 0. The van der Waals surface area contributed by atoms with E-state index in [2.05, 4.69) is 15.4 Å². The van der Waals surface area contributed by atoms with E-state index in [0.29, 0.717) is 5.82 Å². The lowest BCUT2D eigenvalue weighted by Gasteiger charge is -2.25. The molecular formula is C11H18F3N5O. The number of nitrogens with two attached hydrogens (primary N) is 1. The van der Waals surface area contributed by atoms with Crippen molar-refractivity contribution >= 4 is 11.6 Å². The second kappa shape index (κ2) is 6.71. The van der Waals surface area contributed by atoms with Crippen LogP contribution in [0.25, 0.3) is 0 Å². The molecule has 1 aromatic rings. The average molecular weight is 293 g/mol. The number of hydrogen-bond acceptors (Lipinski definition) is 6. The van der Waals surface area contributed by atoms with Gasteiger partial charge in [0.1, 0.15) is 24.0 Å². The lowest BCUT2D eigenvalue weighted by molar-refractivity contribution is -0.120. The first-order valence-electron chi connectivity index (χ1n) is 6.05. The first-order valence-corrected chi connectivity index (χ1v) is 6.05. The zero-order valence-corrected chi connectivity index (χ0v) is 11.3. The maximum absolute atomic E-state index is 12.5. The Kier molecular flexibility index (Phi) is 5.52. The van der Waals surface area contributed by atoms with Crippen molar-refractivity contribution in [1.29, 1.82) is 0 Å². The summed E-state index contributed by atoms with van der Waals surface area (Å²) in [5, 5.41) is 8.91. The molecule has 20 heavy (non-hydrogen) atoms. The zero-order chi connectivity index (χ0) is 15.3. The summed E-state index contributed by atoms with van der Waals surface area (Å²) in [5.74, 6) is 5.87. The Hall–Kier alpha value is -1.61. The first kappa shape index (κ1) is 16.4. The molecule has 1 rings (SSSR count). The van der Waals surface area contributed by atoms with Gasteiger partial charge in [-0.15, -0.1) is 0 Å². The zero-order valence-electron chi connectivity index (χ0n) is 11.3. The first-order chi connectivity index (χ1) is 9.26. The van der Waals surface area contributed by atoms with Crippen LogP contribution in [0.3, 0.4) is 0 Å². The second-order valence-electron chi connectivity index (χ2n) is 4.53. The Morgan fingerprint density at radius 1 is 1.40 bits per heavy atom. The Morgan fingerprint density at radius 2 is 2.05 bits per heavy atom. The summed E-state index contributed by atoms with van der Waals surface area (Å²) in [6.07, 6.45) is -4.39. The molecule has 0 radical (unpaired) electrons. The van der Waals surface area contributed by atoms with E-state index in [1.807, 2.05) is 13.8 Å². The molecule has 0 aliphatic rings. The number of anilines is 2. The van der Waals surface area contributed by atoms with Crippen LogP contribution in [0.2, 0.25) is 0 Å². The molecule has 0 amide bonds. The van der Waals surface area contributed by atoms with Gasteiger partial charge in [-0.3, -0.25) is 0 Å². The van der Waals surface area contributed by atoms with Gasteiger partial charge in [0.2, 0.25) is 0 Å². The molecule has 0 saturated carbocycles. The van der Waals surface area contributed by atoms with Crippen molar-refractivity contribution in [2.75, 3.05) is 30.0 Å². The van der Waals surface area contributed by atoms with E-state index in [9.17, 15) is 13.2 Å². The highest BCUT2D eigenvalue weighted by Gasteiger charge is 2.31. The number of nitrogens with zero attached hydrogens (tertiary/aromatic N) is 3. The molecule has 0 aliphatic carbocycles. The maximum Gasteiger partial charge on any atom is 0.405 e. The third-order valence-electron chi connectivity index (χ3n) is 2.46. The summed E-state index contributed by atoms with van der Waals surface area (Å²) < 4.78 is 37.6. The minimum absolute atomic E-state index is 0.0658. The van der Waals surface area contributed by atoms with Gasteiger partial charge in [-0.05, 0) is 0 Å². The number of rotatable bonds is 6. The van der Waals surface area contributed by atoms with Crippen LogP contribution >= 0.6 is 0 Å². The topological polar surface area (TPSA) is 87.3 Å². The highest BCUT2D eigenvalue weighted by atomic mass is 19.4. The summed E-state index contributed by atoms with van der Waals surface area (Å²) >= 11 is 0. The fourth-order valence-corrected chi connectivity index (χ4v) is 1.56. The summed E-state index contributed by atoms with van der Waals surface area (Å²) in [5.41, 5.74) is 2.30. The molecule has 0 aliphatic heterocycles. The number of nitrogen functional groups attached to an aromatic ring is 1. The predicted molar refractivity (Wildman–Crippen MR) is 69.3 cm³/mol. The fraction of sp³-hybridized carbons (Fsp3) is 0.636. The van der Waals surface area contributed by atoms with Crippen LogP contribution < -0.4 is 16.2 Å². The van der Waals surface area contributed by atoms with Crippen molar-refractivity contribution in [3.63, 3.8) is 0 Å². The molecule has 0 atom stereocenters. The molecule has 0 spiro atoms. The number of aliphatic hydroxyl groups is 1. The largest absolute Gasteiger partial charge is 0.405 e. The van der Waals surface area contributed by atoms with Crippen LogP contribution in [0.1, 0.15) is 25.6 Å². The van der Waals surface area contributed by atoms with Crippen molar-refractivity contribution in [3.05, 3.63) is 11.9 Å². The van der Waals surface area contributed by atoms with E-state index in [0.717, 1.165) is 4.90 Å². The molecule has 0 fully saturated rings.